The third-order valence-electron chi connectivity index (χ3n) is 4.65. The number of carboxylic acid groups (broad SMARTS) is 1. The molecule has 2 aromatic carbocycles. The summed E-state index contributed by atoms with van der Waals surface area (Å²) < 4.78 is 0. The molecule has 0 heterocycles. The van der Waals surface area contributed by atoms with Crippen LogP contribution in [0.1, 0.15) is 48.8 Å². The molecule has 0 spiro atoms. The number of carbonyl (C=O) groups is 1. The predicted octanol–water partition coefficient (Wildman–Crippen LogP) is 5.91. The Morgan fingerprint density at radius 1 is 1.00 bits per heavy atom. The fraction of sp³-hybridized carbons (Fsp3) is 0.227. The smallest absolute Gasteiger partial charge is 0.328 e. The quantitative estimate of drug-likeness (QED) is 0.659. The molecule has 0 unspecified atom stereocenters. The van der Waals surface area contributed by atoms with E-state index in [0.717, 1.165) is 41.2 Å². The molecule has 0 aliphatic heterocycles. The van der Waals surface area contributed by atoms with Gasteiger partial charge in [0.15, 0.2) is 0 Å². The van der Waals surface area contributed by atoms with Gasteiger partial charge < -0.3 is 10.2 Å². The molecular weight excluding hydrogens is 348 g/mol. The van der Waals surface area contributed by atoms with Crippen LogP contribution in [0.25, 0.3) is 11.6 Å². The van der Waals surface area contributed by atoms with Gasteiger partial charge in [-0.15, -0.1) is 0 Å². The molecule has 0 saturated heterocycles. The summed E-state index contributed by atoms with van der Waals surface area (Å²) in [6, 6.07) is 12.8. The van der Waals surface area contributed by atoms with Gasteiger partial charge in [0, 0.05) is 16.7 Å². The standard InChI is InChI=1S/C22H21ClO3/c23-20-14-15(7-13-21(25)26)6-12-19(20)22(16-4-2-1-3-5-16)17-8-10-18(24)11-9-17/h6-14,24H,1-5H2,(H,25,26). The number of rotatable bonds is 4. The minimum Gasteiger partial charge on any atom is -0.508 e. The molecule has 0 bridgehead atoms. The molecule has 3 rings (SSSR count). The molecule has 1 aliphatic rings. The van der Waals surface area contributed by atoms with Gasteiger partial charge >= 0.3 is 5.97 Å². The van der Waals surface area contributed by atoms with E-state index in [1.807, 2.05) is 24.3 Å². The van der Waals surface area contributed by atoms with E-state index in [1.54, 1.807) is 18.2 Å². The highest BCUT2D eigenvalue weighted by Gasteiger charge is 2.17. The zero-order chi connectivity index (χ0) is 18.5. The van der Waals surface area contributed by atoms with Crippen molar-refractivity contribution in [2.24, 2.45) is 0 Å². The fourth-order valence-electron chi connectivity index (χ4n) is 3.41. The maximum absolute atomic E-state index is 10.7. The van der Waals surface area contributed by atoms with E-state index in [-0.39, 0.29) is 5.75 Å². The van der Waals surface area contributed by atoms with Crippen LogP contribution in [0.3, 0.4) is 0 Å². The van der Waals surface area contributed by atoms with Crippen LogP contribution < -0.4 is 0 Å². The van der Waals surface area contributed by atoms with Crippen LogP contribution in [-0.2, 0) is 4.79 Å². The number of phenolic OH excluding ortho intramolecular Hbond substituents is 1. The van der Waals surface area contributed by atoms with E-state index < -0.39 is 5.97 Å². The van der Waals surface area contributed by atoms with Gasteiger partial charge in [0.2, 0.25) is 0 Å². The number of aliphatic carboxylic acids is 1. The first kappa shape index (κ1) is 18.3. The number of benzene rings is 2. The Kier molecular flexibility index (Phi) is 5.79. The normalized spacial score (nSPS) is 14.6. The number of halogens is 1. The van der Waals surface area contributed by atoms with Gasteiger partial charge in [-0.1, -0.05) is 47.9 Å². The summed E-state index contributed by atoms with van der Waals surface area (Å²) in [5, 5.41) is 19.0. The van der Waals surface area contributed by atoms with Gasteiger partial charge in [0.1, 0.15) is 5.75 Å². The molecule has 26 heavy (non-hydrogen) atoms. The Balaban J connectivity index is 2.07. The average molecular weight is 369 g/mol. The summed E-state index contributed by atoms with van der Waals surface area (Å²) in [6.45, 7) is 0. The second-order valence-electron chi connectivity index (χ2n) is 6.50. The van der Waals surface area contributed by atoms with Gasteiger partial charge in [-0.05, 0) is 66.7 Å². The zero-order valence-electron chi connectivity index (χ0n) is 14.4. The second-order valence-corrected chi connectivity index (χ2v) is 6.90. The molecule has 134 valence electrons. The third-order valence-corrected chi connectivity index (χ3v) is 4.96. The molecule has 2 N–H and O–H groups in total. The van der Waals surface area contributed by atoms with Crippen molar-refractivity contribution in [3.63, 3.8) is 0 Å². The van der Waals surface area contributed by atoms with Crippen LogP contribution in [0.5, 0.6) is 5.75 Å². The third kappa shape index (κ3) is 4.36. The summed E-state index contributed by atoms with van der Waals surface area (Å²) in [4.78, 5) is 10.7. The number of hydrogen-bond acceptors (Lipinski definition) is 2. The minimum absolute atomic E-state index is 0.238. The maximum atomic E-state index is 10.7. The van der Waals surface area contributed by atoms with Crippen LogP contribution in [0.15, 0.2) is 54.1 Å². The number of phenols is 1. The Morgan fingerprint density at radius 3 is 2.31 bits per heavy atom. The van der Waals surface area contributed by atoms with E-state index in [4.69, 9.17) is 16.7 Å². The van der Waals surface area contributed by atoms with Crippen molar-refractivity contribution in [1.82, 2.24) is 0 Å². The Hall–Kier alpha value is -2.52. The highest BCUT2D eigenvalue weighted by atomic mass is 35.5. The molecule has 1 fully saturated rings. The summed E-state index contributed by atoms with van der Waals surface area (Å²) in [7, 11) is 0. The summed E-state index contributed by atoms with van der Waals surface area (Å²) in [6.07, 6.45) is 8.33. The number of aromatic hydroxyl groups is 1. The molecule has 3 nitrogen and oxygen atoms in total. The van der Waals surface area contributed by atoms with E-state index in [9.17, 15) is 9.90 Å². The molecule has 1 aliphatic carbocycles. The van der Waals surface area contributed by atoms with Gasteiger partial charge in [0.05, 0.1) is 0 Å². The summed E-state index contributed by atoms with van der Waals surface area (Å²) >= 11 is 6.57. The molecular formula is C22H21ClO3. The number of allylic oxidation sites excluding steroid dienone is 1. The van der Waals surface area contributed by atoms with Crippen molar-refractivity contribution in [2.45, 2.75) is 32.1 Å². The van der Waals surface area contributed by atoms with Crippen molar-refractivity contribution in [1.29, 1.82) is 0 Å². The SMILES string of the molecule is O=C(O)C=Cc1ccc(C(=C2CCCCC2)c2ccc(O)cc2)c(Cl)c1. The van der Waals surface area contributed by atoms with Gasteiger partial charge in [-0.25, -0.2) is 4.79 Å². The Bertz CT molecular complexity index is 855. The van der Waals surface area contributed by atoms with Crippen LogP contribution in [-0.4, -0.2) is 16.2 Å². The average Bonchev–Trinajstić information content (AvgIpc) is 2.64. The van der Waals surface area contributed by atoms with E-state index in [0.29, 0.717) is 5.02 Å². The Labute approximate surface area is 158 Å². The second kappa shape index (κ2) is 8.24. The van der Waals surface area contributed by atoms with E-state index in [2.05, 4.69) is 0 Å². The lowest BCUT2D eigenvalue weighted by Gasteiger charge is -2.21. The van der Waals surface area contributed by atoms with Crippen LogP contribution in [0.4, 0.5) is 0 Å². The lowest BCUT2D eigenvalue weighted by atomic mass is 9.85. The highest BCUT2D eigenvalue weighted by molar-refractivity contribution is 6.32. The van der Waals surface area contributed by atoms with Crippen molar-refractivity contribution in [3.8, 4) is 5.75 Å². The molecule has 4 heteroatoms. The van der Waals surface area contributed by atoms with Gasteiger partial charge in [0.25, 0.3) is 0 Å². The predicted molar refractivity (Wildman–Crippen MR) is 105 cm³/mol. The summed E-state index contributed by atoms with van der Waals surface area (Å²) in [5.41, 5.74) is 5.25. The van der Waals surface area contributed by atoms with Crippen LogP contribution in [0, 0.1) is 0 Å². The van der Waals surface area contributed by atoms with Crippen molar-refractivity contribution in [2.75, 3.05) is 0 Å². The first-order chi connectivity index (χ1) is 12.5. The topological polar surface area (TPSA) is 57.5 Å². The maximum Gasteiger partial charge on any atom is 0.328 e. The number of hydrogen-bond donors (Lipinski definition) is 2. The van der Waals surface area contributed by atoms with Gasteiger partial charge in [-0.3, -0.25) is 0 Å². The molecule has 0 aromatic heterocycles. The molecule has 0 radical (unpaired) electrons. The van der Waals surface area contributed by atoms with Gasteiger partial charge in [-0.2, -0.15) is 0 Å². The molecule has 2 aromatic rings. The number of carboxylic acids is 1. The van der Waals surface area contributed by atoms with Crippen LogP contribution >= 0.6 is 11.6 Å². The molecule has 1 saturated carbocycles. The van der Waals surface area contributed by atoms with Crippen LogP contribution in [0.2, 0.25) is 5.02 Å². The van der Waals surface area contributed by atoms with Crippen molar-refractivity contribution in [3.05, 3.63) is 75.8 Å². The lowest BCUT2D eigenvalue weighted by Crippen LogP contribution is -2.01. The first-order valence-corrected chi connectivity index (χ1v) is 9.15. The highest BCUT2D eigenvalue weighted by Crippen LogP contribution is 2.38. The minimum atomic E-state index is -0.987. The Morgan fingerprint density at radius 2 is 1.69 bits per heavy atom. The van der Waals surface area contributed by atoms with E-state index >= 15 is 0 Å². The molecule has 0 amide bonds. The largest absolute Gasteiger partial charge is 0.508 e. The molecule has 0 atom stereocenters. The van der Waals surface area contributed by atoms with Crippen molar-refractivity contribution >= 4 is 29.2 Å². The monoisotopic (exact) mass is 368 g/mol. The zero-order valence-corrected chi connectivity index (χ0v) is 15.2. The van der Waals surface area contributed by atoms with Crippen molar-refractivity contribution < 1.29 is 15.0 Å². The first-order valence-electron chi connectivity index (χ1n) is 8.77. The lowest BCUT2D eigenvalue weighted by molar-refractivity contribution is -0.131. The fourth-order valence-corrected chi connectivity index (χ4v) is 3.70. The summed E-state index contributed by atoms with van der Waals surface area (Å²) in [5.74, 6) is -0.749. The van der Waals surface area contributed by atoms with E-state index in [1.165, 1.54) is 30.9 Å².